The van der Waals surface area contributed by atoms with Gasteiger partial charge in [-0.25, -0.2) is 12.8 Å². The second kappa shape index (κ2) is 12.1. The molecule has 3 atom stereocenters. The lowest BCUT2D eigenvalue weighted by Crippen LogP contribution is -2.56. The quantitative estimate of drug-likeness (QED) is 0.428. The number of halogens is 1. The van der Waals surface area contributed by atoms with Crippen LogP contribution in [0.4, 0.5) is 4.39 Å². The molecule has 1 saturated heterocycles. The number of amides is 2. The summed E-state index contributed by atoms with van der Waals surface area (Å²) in [6, 6.07) is 15.0. The molecule has 4 rings (SSSR count). The van der Waals surface area contributed by atoms with Gasteiger partial charge in [-0.2, -0.15) is 4.31 Å². The van der Waals surface area contributed by atoms with Gasteiger partial charge in [-0.3, -0.25) is 9.59 Å². The minimum absolute atomic E-state index is 0.0214. The molecular formula is C29H39FN4O4S. The van der Waals surface area contributed by atoms with Gasteiger partial charge in [0.1, 0.15) is 11.9 Å². The topological polar surface area (TPSA) is 90.0 Å². The van der Waals surface area contributed by atoms with Gasteiger partial charge in [-0.05, 0) is 69.0 Å². The molecule has 2 aromatic carbocycles. The van der Waals surface area contributed by atoms with Gasteiger partial charge in [0.2, 0.25) is 15.9 Å². The van der Waals surface area contributed by atoms with Crippen molar-refractivity contribution in [1.82, 2.24) is 19.4 Å². The highest BCUT2D eigenvalue weighted by atomic mass is 32.2. The summed E-state index contributed by atoms with van der Waals surface area (Å²) in [6.07, 6.45) is 4.27. The Labute approximate surface area is 231 Å². The van der Waals surface area contributed by atoms with E-state index in [1.807, 2.05) is 18.2 Å². The molecule has 2 aliphatic rings. The lowest BCUT2D eigenvalue weighted by atomic mass is 10.0. The van der Waals surface area contributed by atoms with Crippen LogP contribution in [0, 0.1) is 5.82 Å². The summed E-state index contributed by atoms with van der Waals surface area (Å²) in [6.45, 7) is 4.08. The lowest BCUT2D eigenvalue weighted by Gasteiger charge is -2.37. The molecular weight excluding hydrogens is 519 g/mol. The maximum absolute atomic E-state index is 13.6. The van der Waals surface area contributed by atoms with E-state index in [-0.39, 0.29) is 36.3 Å². The fourth-order valence-corrected chi connectivity index (χ4v) is 6.26. The molecule has 0 aromatic heterocycles. The van der Waals surface area contributed by atoms with Crippen molar-refractivity contribution in [2.24, 2.45) is 0 Å². The van der Waals surface area contributed by atoms with Crippen LogP contribution in [0.25, 0.3) is 0 Å². The van der Waals surface area contributed by atoms with E-state index in [0.29, 0.717) is 31.0 Å². The number of carbonyl (C=O) groups excluding carboxylic acids is 2. The summed E-state index contributed by atoms with van der Waals surface area (Å²) in [5.74, 6) is -0.235. The first-order valence-electron chi connectivity index (χ1n) is 13.6. The highest BCUT2D eigenvalue weighted by Gasteiger charge is 2.50. The molecule has 212 valence electrons. The van der Waals surface area contributed by atoms with Gasteiger partial charge in [0, 0.05) is 50.2 Å². The third-order valence-electron chi connectivity index (χ3n) is 8.06. The van der Waals surface area contributed by atoms with Crippen LogP contribution >= 0.6 is 0 Å². The largest absolute Gasteiger partial charge is 0.338 e. The molecule has 0 spiro atoms. The van der Waals surface area contributed by atoms with E-state index < -0.39 is 16.1 Å². The average molecular weight is 559 g/mol. The van der Waals surface area contributed by atoms with Crippen molar-refractivity contribution in [2.45, 2.75) is 50.1 Å². The molecule has 0 bridgehead atoms. The number of unbranched alkanes of at least 4 members (excludes halogenated alkanes) is 1. The fraction of sp³-hybridized carbons (Fsp3) is 0.517. The molecule has 1 aliphatic heterocycles. The monoisotopic (exact) mass is 558 g/mol. The summed E-state index contributed by atoms with van der Waals surface area (Å²) in [7, 11) is -1.64. The number of likely N-dealkylation sites (N-methyl/N-ethyl adjacent to an activating group) is 1. The Morgan fingerprint density at radius 3 is 2.31 bits per heavy atom. The summed E-state index contributed by atoms with van der Waals surface area (Å²) in [5.41, 5.74) is 1.63. The Bertz CT molecular complexity index is 1250. The zero-order valence-electron chi connectivity index (χ0n) is 23.0. The van der Waals surface area contributed by atoms with Crippen LogP contribution in [0.2, 0.25) is 0 Å². The summed E-state index contributed by atoms with van der Waals surface area (Å²) < 4.78 is 38.4. The minimum Gasteiger partial charge on any atom is -0.338 e. The highest BCUT2D eigenvalue weighted by molar-refractivity contribution is 7.88. The second-order valence-corrected chi connectivity index (χ2v) is 12.9. The number of nitrogens with one attached hydrogen (secondary N) is 1. The van der Waals surface area contributed by atoms with E-state index in [4.69, 9.17) is 0 Å². The molecule has 39 heavy (non-hydrogen) atoms. The standard InChI is InChI=1S/C29H39FN4O4S/c1-29(21-25(29)22-12-14-24(30)15-13-22)31-16-8-7-11-26(32(2)27(35)23-9-5-4-6-10-23)28(36)33-17-19-34(20-18-33)39(3,37)38/h4-6,9-10,12-15,25-26,31H,7-8,11,16-21H2,1-3H3/t25-,26+,29-/m1/s1. The van der Waals surface area contributed by atoms with E-state index in [9.17, 15) is 22.4 Å². The van der Waals surface area contributed by atoms with Crippen LogP contribution in [0.3, 0.4) is 0 Å². The van der Waals surface area contributed by atoms with Crippen molar-refractivity contribution in [2.75, 3.05) is 46.0 Å². The van der Waals surface area contributed by atoms with Crippen LogP contribution in [0.15, 0.2) is 54.6 Å². The minimum atomic E-state index is -3.31. The van der Waals surface area contributed by atoms with Crippen molar-refractivity contribution < 1.29 is 22.4 Å². The number of piperazine rings is 1. The average Bonchev–Trinajstić information content (AvgIpc) is 3.61. The Balaban J connectivity index is 1.34. The normalized spacial score (nSPS) is 22.4. The van der Waals surface area contributed by atoms with Crippen LogP contribution < -0.4 is 5.32 Å². The fourth-order valence-electron chi connectivity index (χ4n) is 5.44. The van der Waals surface area contributed by atoms with Gasteiger partial charge < -0.3 is 15.1 Å². The molecule has 8 nitrogen and oxygen atoms in total. The predicted octanol–water partition coefficient (Wildman–Crippen LogP) is 3.08. The predicted molar refractivity (Wildman–Crippen MR) is 149 cm³/mol. The second-order valence-electron chi connectivity index (χ2n) is 10.9. The Kier molecular flexibility index (Phi) is 9.08. The molecule has 1 aliphatic carbocycles. The Morgan fingerprint density at radius 1 is 1.05 bits per heavy atom. The first-order chi connectivity index (χ1) is 18.5. The van der Waals surface area contributed by atoms with Gasteiger partial charge in [-0.1, -0.05) is 30.3 Å². The van der Waals surface area contributed by atoms with E-state index in [0.717, 1.165) is 31.4 Å². The van der Waals surface area contributed by atoms with E-state index >= 15 is 0 Å². The van der Waals surface area contributed by atoms with Crippen LogP contribution in [0.5, 0.6) is 0 Å². The maximum atomic E-state index is 13.6. The van der Waals surface area contributed by atoms with E-state index in [1.54, 1.807) is 36.2 Å². The summed E-state index contributed by atoms with van der Waals surface area (Å²) in [5, 5.41) is 3.63. The van der Waals surface area contributed by atoms with Crippen molar-refractivity contribution in [3.8, 4) is 0 Å². The highest BCUT2D eigenvalue weighted by Crippen LogP contribution is 2.51. The molecule has 0 radical (unpaired) electrons. The number of hydrogen-bond donors (Lipinski definition) is 1. The van der Waals surface area contributed by atoms with Crippen molar-refractivity contribution >= 4 is 21.8 Å². The lowest BCUT2D eigenvalue weighted by molar-refractivity contribution is -0.137. The third kappa shape index (κ3) is 7.23. The van der Waals surface area contributed by atoms with E-state index in [1.165, 1.54) is 27.6 Å². The SMILES string of the molecule is CN(C(=O)c1ccccc1)[C@@H](CCCCN[C@]1(C)C[C@@H]1c1ccc(F)cc1)C(=O)N1CCN(S(C)(=O)=O)CC1. The molecule has 2 aromatic rings. The maximum Gasteiger partial charge on any atom is 0.254 e. The number of benzene rings is 2. The first kappa shape index (κ1) is 29.2. The zero-order chi connectivity index (χ0) is 28.2. The van der Waals surface area contributed by atoms with Crippen molar-refractivity contribution in [1.29, 1.82) is 0 Å². The van der Waals surface area contributed by atoms with Gasteiger partial charge in [0.25, 0.3) is 5.91 Å². The Morgan fingerprint density at radius 2 is 1.69 bits per heavy atom. The molecule has 2 amide bonds. The number of hydrogen-bond acceptors (Lipinski definition) is 5. The third-order valence-corrected chi connectivity index (χ3v) is 9.36. The molecule has 1 saturated carbocycles. The van der Waals surface area contributed by atoms with Crippen LogP contribution in [-0.2, 0) is 14.8 Å². The first-order valence-corrected chi connectivity index (χ1v) is 15.4. The van der Waals surface area contributed by atoms with Crippen LogP contribution in [-0.4, -0.2) is 91.9 Å². The number of rotatable bonds is 11. The molecule has 10 heteroatoms. The van der Waals surface area contributed by atoms with Crippen LogP contribution in [0.1, 0.15) is 54.4 Å². The molecule has 2 fully saturated rings. The van der Waals surface area contributed by atoms with Gasteiger partial charge in [-0.15, -0.1) is 0 Å². The van der Waals surface area contributed by atoms with Crippen molar-refractivity contribution in [3.05, 3.63) is 71.5 Å². The van der Waals surface area contributed by atoms with Gasteiger partial charge in [0.05, 0.1) is 6.26 Å². The Hall–Kier alpha value is -2.82. The number of sulfonamides is 1. The zero-order valence-corrected chi connectivity index (χ0v) is 23.8. The van der Waals surface area contributed by atoms with Gasteiger partial charge in [0.15, 0.2) is 0 Å². The summed E-state index contributed by atoms with van der Waals surface area (Å²) in [4.78, 5) is 30.0. The smallest absolute Gasteiger partial charge is 0.254 e. The van der Waals surface area contributed by atoms with Crippen molar-refractivity contribution in [3.63, 3.8) is 0 Å². The summed E-state index contributed by atoms with van der Waals surface area (Å²) >= 11 is 0. The molecule has 1 N–H and O–H groups in total. The number of carbonyl (C=O) groups is 2. The molecule has 1 heterocycles. The molecule has 0 unspecified atom stereocenters. The van der Waals surface area contributed by atoms with Gasteiger partial charge >= 0.3 is 0 Å². The van der Waals surface area contributed by atoms with E-state index in [2.05, 4.69) is 12.2 Å². The number of nitrogens with zero attached hydrogens (tertiary/aromatic N) is 3.